The number of carbonyl (C=O) groups is 1. The van der Waals surface area contributed by atoms with Crippen LogP contribution in [0.1, 0.15) is 31.9 Å². The third-order valence-electron chi connectivity index (χ3n) is 3.55. The lowest BCUT2D eigenvalue weighted by atomic mass is 9.95. The molecular weight excluding hydrogens is 214 g/mol. The lowest BCUT2D eigenvalue weighted by Gasteiger charge is -2.27. The van der Waals surface area contributed by atoms with Crippen molar-refractivity contribution in [2.24, 2.45) is 5.92 Å². The van der Waals surface area contributed by atoms with Gasteiger partial charge in [-0.2, -0.15) is 0 Å². The molecule has 0 spiro atoms. The van der Waals surface area contributed by atoms with Gasteiger partial charge in [0.15, 0.2) is 0 Å². The van der Waals surface area contributed by atoms with Gasteiger partial charge in [0.2, 0.25) is 5.91 Å². The van der Waals surface area contributed by atoms with Gasteiger partial charge in [0.25, 0.3) is 0 Å². The van der Waals surface area contributed by atoms with E-state index < -0.39 is 0 Å². The smallest absolute Gasteiger partial charge is 0.225 e. The second-order valence-corrected chi connectivity index (χ2v) is 4.88. The van der Waals surface area contributed by atoms with E-state index in [9.17, 15) is 4.79 Å². The van der Waals surface area contributed by atoms with Crippen molar-refractivity contribution in [3.63, 3.8) is 0 Å². The van der Waals surface area contributed by atoms with Crippen molar-refractivity contribution in [2.75, 3.05) is 13.6 Å². The van der Waals surface area contributed by atoms with E-state index in [2.05, 4.69) is 16.5 Å². The van der Waals surface area contributed by atoms with Gasteiger partial charge >= 0.3 is 0 Å². The van der Waals surface area contributed by atoms with Crippen LogP contribution in [-0.2, 0) is 17.8 Å². The van der Waals surface area contributed by atoms with Gasteiger partial charge in [0, 0.05) is 44.4 Å². The van der Waals surface area contributed by atoms with E-state index in [1.165, 1.54) is 5.69 Å². The number of amides is 1. The molecule has 1 aliphatic rings. The van der Waals surface area contributed by atoms with Crippen molar-refractivity contribution >= 4 is 5.91 Å². The largest absolute Gasteiger partial charge is 0.346 e. The number of hydrogen-bond donors (Lipinski definition) is 0. The number of aromatic nitrogens is 2. The van der Waals surface area contributed by atoms with Crippen LogP contribution in [0, 0.1) is 5.92 Å². The third kappa shape index (κ3) is 2.68. The fourth-order valence-corrected chi connectivity index (χ4v) is 2.40. The molecule has 1 atom stereocenters. The normalized spacial score (nSPS) is 18.8. The molecule has 1 amide bonds. The van der Waals surface area contributed by atoms with Crippen LogP contribution in [0.15, 0.2) is 12.5 Å². The molecular formula is C13H21N3O. The summed E-state index contributed by atoms with van der Waals surface area (Å²) in [5.74, 6) is 0.451. The number of fused-ring (bicyclic) bond motifs is 1. The van der Waals surface area contributed by atoms with Gasteiger partial charge in [0.1, 0.15) is 0 Å². The molecule has 1 unspecified atom stereocenters. The second kappa shape index (κ2) is 5.34. The molecule has 2 rings (SSSR count). The molecule has 2 heterocycles. The van der Waals surface area contributed by atoms with Crippen LogP contribution in [0.25, 0.3) is 0 Å². The van der Waals surface area contributed by atoms with Crippen LogP contribution in [0.2, 0.25) is 0 Å². The van der Waals surface area contributed by atoms with Crippen LogP contribution in [0.5, 0.6) is 0 Å². The monoisotopic (exact) mass is 235 g/mol. The Hall–Kier alpha value is -1.32. The van der Waals surface area contributed by atoms with Crippen molar-refractivity contribution in [2.45, 2.75) is 39.2 Å². The highest BCUT2D eigenvalue weighted by Crippen LogP contribution is 2.21. The van der Waals surface area contributed by atoms with Crippen LogP contribution in [-0.4, -0.2) is 34.0 Å². The van der Waals surface area contributed by atoms with E-state index in [1.54, 1.807) is 0 Å². The Labute approximate surface area is 103 Å². The second-order valence-electron chi connectivity index (χ2n) is 4.88. The molecule has 1 aliphatic heterocycles. The quantitative estimate of drug-likeness (QED) is 0.796. The average Bonchev–Trinajstić information content (AvgIpc) is 2.81. The topological polar surface area (TPSA) is 38.1 Å². The minimum Gasteiger partial charge on any atom is -0.346 e. The summed E-state index contributed by atoms with van der Waals surface area (Å²) in [5.41, 5.74) is 1.19. The molecule has 0 saturated carbocycles. The Morgan fingerprint density at radius 3 is 3.24 bits per heavy atom. The van der Waals surface area contributed by atoms with Crippen LogP contribution >= 0.6 is 0 Å². The molecule has 0 aliphatic carbocycles. The first kappa shape index (κ1) is 12.1. The Bertz CT molecular complexity index is 386. The van der Waals surface area contributed by atoms with Crippen LogP contribution < -0.4 is 0 Å². The number of nitrogens with zero attached hydrogens (tertiary/aromatic N) is 3. The summed E-state index contributed by atoms with van der Waals surface area (Å²) in [6, 6.07) is 0. The fraction of sp³-hybridized carbons (Fsp3) is 0.692. The lowest BCUT2D eigenvalue weighted by Crippen LogP contribution is -2.37. The number of imidazole rings is 1. The zero-order valence-corrected chi connectivity index (χ0v) is 10.7. The highest BCUT2D eigenvalue weighted by molar-refractivity contribution is 5.78. The van der Waals surface area contributed by atoms with Crippen molar-refractivity contribution in [3.05, 3.63) is 18.2 Å². The van der Waals surface area contributed by atoms with Gasteiger partial charge in [-0.15, -0.1) is 0 Å². The average molecular weight is 235 g/mol. The molecule has 1 aromatic heterocycles. The molecule has 0 N–H and O–H groups in total. The van der Waals surface area contributed by atoms with Gasteiger partial charge < -0.3 is 9.47 Å². The van der Waals surface area contributed by atoms with Gasteiger partial charge in [0.05, 0.1) is 6.33 Å². The summed E-state index contributed by atoms with van der Waals surface area (Å²) in [5, 5.41) is 0. The van der Waals surface area contributed by atoms with Crippen molar-refractivity contribution in [1.82, 2.24) is 14.5 Å². The first-order valence-electron chi connectivity index (χ1n) is 6.46. The molecule has 0 saturated heterocycles. The number of carbonyl (C=O) groups excluding carboxylic acids is 1. The SMILES string of the molecule is CCCCN(C)C(=O)C1CCn2cncc2C1. The standard InChI is InChI=1S/C13H21N3O/c1-3-4-6-15(2)13(17)11-5-7-16-10-14-9-12(16)8-11/h9-11H,3-8H2,1-2H3. The maximum atomic E-state index is 12.2. The molecule has 4 nitrogen and oxygen atoms in total. The first-order chi connectivity index (χ1) is 8.22. The molecule has 17 heavy (non-hydrogen) atoms. The number of rotatable bonds is 4. The van der Waals surface area contributed by atoms with Crippen LogP contribution in [0.4, 0.5) is 0 Å². The van der Waals surface area contributed by atoms with Gasteiger partial charge in [-0.1, -0.05) is 13.3 Å². The van der Waals surface area contributed by atoms with Crippen molar-refractivity contribution in [3.8, 4) is 0 Å². The molecule has 94 valence electrons. The maximum absolute atomic E-state index is 12.2. The molecule has 4 heteroatoms. The highest BCUT2D eigenvalue weighted by Gasteiger charge is 2.26. The van der Waals surface area contributed by atoms with E-state index in [1.807, 2.05) is 24.5 Å². The van der Waals surface area contributed by atoms with Crippen LogP contribution in [0.3, 0.4) is 0 Å². The zero-order valence-electron chi connectivity index (χ0n) is 10.7. The minimum absolute atomic E-state index is 0.154. The Kier molecular flexibility index (Phi) is 3.82. The zero-order chi connectivity index (χ0) is 12.3. The highest BCUT2D eigenvalue weighted by atomic mass is 16.2. The summed E-state index contributed by atoms with van der Waals surface area (Å²) >= 11 is 0. The fourth-order valence-electron chi connectivity index (χ4n) is 2.40. The maximum Gasteiger partial charge on any atom is 0.225 e. The number of unbranched alkanes of at least 4 members (excludes halogenated alkanes) is 1. The Morgan fingerprint density at radius 1 is 1.65 bits per heavy atom. The van der Waals surface area contributed by atoms with E-state index in [0.29, 0.717) is 5.91 Å². The van der Waals surface area contributed by atoms with Crippen molar-refractivity contribution in [1.29, 1.82) is 0 Å². The van der Waals surface area contributed by atoms with E-state index in [0.717, 1.165) is 38.8 Å². The molecule has 0 radical (unpaired) electrons. The Balaban J connectivity index is 1.93. The summed E-state index contributed by atoms with van der Waals surface area (Å²) < 4.78 is 2.15. The van der Waals surface area contributed by atoms with Gasteiger partial charge in [-0.25, -0.2) is 4.98 Å². The van der Waals surface area contributed by atoms with Gasteiger partial charge in [-0.3, -0.25) is 4.79 Å². The predicted molar refractivity (Wildman–Crippen MR) is 66.6 cm³/mol. The molecule has 0 fully saturated rings. The summed E-state index contributed by atoms with van der Waals surface area (Å²) in [4.78, 5) is 18.3. The van der Waals surface area contributed by atoms with E-state index in [-0.39, 0.29) is 5.92 Å². The van der Waals surface area contributed by atoms with E-state index >= 15 is 0 Å². The predicted octanol–water partition coefficient (Wildman–Crippen LogP) is 1.70. The minimum atomic E-state index is 0.154. The molecule has 0 bridgehead atoms. The number of hydrogen-bond acceptors (Lipinski definition) is 2. The molecule has 0 aromatic carbocycles. The third-order valence-corrected chi connectivity index (χ3v) is 3.55. The Morgan fingerprint density at radius 2 is 2.47 bits per heavy atom. The van der Waals surface area contributed by atoms with Crippen molar-refractivity contribution < 1.29 is 4.79 Å². The summed E-state index contributed by atoms with van der Waals surface area (Å²) in [6.45, 7) is 3.95. The summed E-state index contributed by atoms with van der Waals surface area (Å²) in [7, 11) is 1.92. The van der Waals surface area contributed by atoms with E-state index in [4.69, 9.17) is 0 Å². The van der Waals surface area contributed by atoms with Gasteiger partial charge in [-0.05, 0) is 12.8 Å². The summed E-state index contributed by atoms with van der Waals surface area (Å²) in [6.07, 6.45) is 7.75. The molecule has 1 aromatic rings. The number of aryl methyl sites for hydroxylation is 1. The first-order valence-corrected chi connectivity index (χ1v) is 6.46. The lowest BCUT2D eigenvalue weighted by molar-refractivity contribution is -0.134.